The number of anilines is 1. The van der Waals surface area contributed by atoms with Crippen LogP contribution in [-0.2, 0) is 14.3 Å². The monoisotopic (exact) mass is 385 g/mol. The smallest absolute Gasteiger partial charge is 0.307 e. The van der Waals surface area contributed by atoms with Gasteiger partial charge in [0.25, 0.3) is 0 Å². The van der Waals surface area contributed by atoms with Crippen molar-refractivity contribution < 1.29 is 19.1 Å². The van der Waals surface area contributed by atoms with Gasteiger partial charge in [0.2, 0.25) is 5.91 Å². The van der Waals surface area contributed by atoms with Gasteiger partial charge in [0.05, 0.1) is 6.42 Å². The van der Waals surface area contributed by atoms with Crippen LogP contribution < -0.4 is 5.32 Å². The maximum Gasteiger partial charge on any atom is 0.307 e. The number of ketones is 1. The maximum atomic E-state index is 12.1. The van der Waals surface area contributed by atoms with Crippen molar-refractivity contribution in [1.82, 2.24) is 0 Å². The SMILES string of the molecule is CC(=O)Nc1ccc(C(=O)COC(=O)CCSc2ccc(C)c(C)c2)cc1. The number of amides is 1. The first-order chi connectivity index (χ1) is 12.8. The number of carbonyl (C=O) groups excluding carboxylic acids is 3. The van der Waals surface area contributed by atoms with Crippen molar-refractivity contribution in [1.29, 1.82) is 0 Å². The molecule has 142 valence electrons. The summed E-state index contributed by atoms with van der Waals surface area (Å²) in [7, 11) is 0. The summed E-state index contributed by atoms with van der Waals surface area (Å²) in [5.74, 6) is -0.253. The summed E-state index contributed by atoms with van der Waals surface area (Å²) in [6.07, 6.45) is 0.242. The average Bonchev–Trinajstić information content (AvgIpc) is 2.63. The lowest BCUT2D eigenvalue weighted by Gasteiger charge is -2.07. The lowest BCUT2D eigenvalue weighted by Crippen LogP contribution is -2.14. The Kier molecular flexibility index (Phi) is 7.61. The van der Waals surface area contributed by atoms with Gasteiger partial charge in [-0.05, 0) is 61.4 Å². The van der Waals surface area contributed by atoms with Crippen molar-refractivity contribution in [3.8, 4) is 0 Å². The minimum Gasteiger partial charge on any atom is -0.457 e. The van der Waals surface area contributed by atoms with Crippen molar-refractivity contribution >= 4 is 35.1 Å². The first-order valence-electron chi connectivity index (χ1n) is 8.61. The Labute approximate surface area is 163 Å². The molecule has 0 saturated carbocycles. The number of benzene rings is 2. The molecule has 0 atom stereocenters. The van der Waals surface area contributed by atoms with E-state index in [-0.39, 0.29) is 24.7 Å². The van der Waals surface area contributed by atoms with Gasteiger partial charge in [0, 0.05) is 28.8 Å². The van der Waals surface area contributed by atoms with E-state index in [0.29, 0.717) is 17.0 Å². The fourth-order valence-corrected chi connectivity index (χ4v) is 3.23. The second-order valence-electron chi connectivity index (χ2n) is 6.19. The Morgan fingerprint density at radius 2 is 1.70 bits per heavy atom. The van der Waals surface area contributed by atoms with Crippen molar-refractivity contribution in [2.24, 2.45) is 0 Å². The quantitative estimate of drug-likeness (QED) is 0.419. The third-order valence-electron chi connectivity index (χ3n) is 3.94. The molecule has 1 N–H and O–H groups in total. The van der Waals surface area contributed by atoms with Crippen LogP contribution in [0.3, 0.4) is 0 Å². The number of rotatable bonds is 8. The summed E-state index contributed by atoms with van der Waals surface area (Å²) in [6, 6.07) is 12.7. The zero-order chi connectivity index (χ0) is 19.8. The van der Waals surface area contributed by atoms with Crippen molar-refractivity contribution in [3.05, 3.63) is 59.2 Å². The molecular weight excluding hydrogens is 362 g/mol. The highest BCUT2D eigenvalue weighted by molar-refractivity contribution is 7.99. The van der Waals surface area contributed by atoms with Gasteiger partial charge < -0.3 is 10.1 Å². The third-order valence-corrected chi connectivity index (χ3v) is 4.94. The standard InChI is InChI=1S/C21H23NO4S/c1-14-4-9-19(12-15(14)2)27-11-10-21(25)26-13-20(24)17-5-7-18(8-6-17)22-16(3)23/h4-9,12H,10-11,13H2,1-3H3,(H,22,23). The van der Waals surface area contributed by atoms with Gasteiger partial charge in [-0.3, -0.25) is 14.4 Å². The average molecular weight is 385 g/mol. The number of hydrogen-bond donors (Lipinski definition) is 1. The summed E-state index contributed by atoms with van der Waals surface area (Å²) in [5, 5.41) is 2.63. The number of thioether (sulfide) groups is 1. The van der Waals surface area contributed by atoms with Crippen molar-refractivity contribution in [2.75, 3.05) is 17.7 Å². The molecule has 2 rings (SSSR count). The summed E-state index contributed by atoms with van der Waals surface area (Å²) < 4.78 is 5.06. The Bertz CT molecular complexity index is 831. The molecule has 1 amide bonds. The molecular formula is C21H23NO4S. The van der Waals surface area contributed by atoms with Crippen LogP contribution in [0.15, 0.2) is 47.4 Å². The molecule has 0 bridgehead atoms. The molecule has 0 spiro atoms. The van der Waals surface area contributed by atoms with Gasteiger partial charge >= 0.3 is 5.97 Å². The van der Waals surface area contributed by atoms with Gasteiger partial charge in [-0.25, -0.2) is 0 Å². The van der Waals surface area contributed by atoms with Crippen LogP contribution in [0.5, 0.6) is 0 Å². The fourth-order valence-electron chi connectivity index (χ4n) is 2.30. The highest BCUT2D eigenvalue weighted by atomic mass is 32.2. The zero-order valence-electron chi connectivity index (χ0n) is 15.7. The fraction of sp³-hybridized carbons (Fsp3) is 0.286. The van der Waals surface area contributed by atoms with Gasteiger partial charge in [-0.1, -0.05) is 6.07 Å². The predicted molar refractivity (Wildman–Crippen MR) is 107 cm³/mol. The molecule has 0 saturated heterocycles. The molecule has 0 aliphatic rings. The number of carbonyl (C=O) groups is 3. The number of nitrogens with one attached hydrogen (secondary N) is 1. The molecule has 27 heavy (non-hydrogen) atoms. The van der Waals surface area contributed by atoms with E-state index in [9.17, 15) is 14.4 Å². The van der Waals surface area contributed by atoms with Crippen LogP contribution in [0.2, 0.25) is 0 Å². The first kappa shape index (κ1) is 20.7. The maximum absolute atomic E-state index is 12.1. The molecule has 0 aliphatic heterocycles. The van der Waals surface area contributed by atoms with Gasteiger partial charge in [0.15, 0.2) is 12.4 Å². The first-order valence-corrected chi connectivity index (χ1v) is 9.60. The Balaban J connectivity index is 1.73. The normalized spacial score (nSPS) is 10.3. The van der Waals surface area contributed by atoms with E-state index >= 15 is 0 Å². The summed E-state index contributed by atoms with van der Waals surface area (Å²) in [4.78, 5) is 36.0. The van der Waals surface area contributed by atoms with E-state index in [0.717, 1.165) is 4.90 Å². The van der Waals surface area contributed by atoms with E-state index in [1.807, 2.05) is 6.07 Å². The summed E-state index contributed by atoms with van der Waals surface area (Å²) >= 11 is 1.59. The second kappa shape index (κ2) is 9.92. The lowest BCUT2D eigenvalue weighted by molar-refractivity contribution is -0.142. The summed E-state index contributed by atoms with van der Waals surface area (Å²) in [5.41, 5.74) is 3.50. The number of hydrogen-bond acceptors (Lipinski definition) is 5. The Hall–Kier alpha value is -2.60. The van der Waals surface area contributed by atoms with Gasteiger partial charge in [-0.15, -0.1) is 11.8 Å². The summed E-state index contributed by atoms with van der Waals surface area (Å²) in [6.45, 7) is 5.25. The van der Waals surface area contributed by atoms with Crippen molar-refractivity contribution in [2.45, 2.75) is 32.1 Å². The van der Waals surface area contributed by atoms with Crippen molar-refractivity contribution in [3.63, 3.8) is 0 Å². The molecule has 0 aromatic heterocycles. The second-order valence-corrected chi connectivity index (χ2v) is 7.36. The largest absolute Gasteiger partial charge is 0.457 e. The predicted octanol–water partition coefficient (Wildman–Crippen LogP) is 4.17. The lowest BCUT2D eigenvalue weighted by atomic mass is 10.1. The molecule has 0 aliphatic carbocycles. The van der Waals surface area contributed by atoms with E-state index in [2.05, 4.69) is 31.3 Å². The van der Waals surface area contributed by atoms with E-state index in [1.54, 1.807) is 36.0 Å². The number of aryl methyl sites for hydroxylation is 2. The van der Waals surface area contributed by atoms with Crippen LogP contribution in [0.1, 0.15) is 34.8 Å². The number of Topliss-reactive ketones (excluding diaryl/α,β-unsaturated/α-hetero) is 1. The topological polar surface area (TPSA) is 72.5 Å². The molecule has 0 unspecified atom stereocenters. The van der Waals surface area contributed by atoms with Crippen LogP contribution in [-0.4, -0.2) is 30.0 Å². The minimum atomic E-state index is -0.394. The van der Waals surface area contributed by atoms with E-state index in [4.69, 9.17) is 4.74 Å². The molecule has 5 nitrogen and oxygen atoms in total. The molecule has 2 aromatic carbocycles. The molecule has 0 heterocycles. The van der Waals surface area contributed by atoms with Gasteiger partial charge in [0.1, 0.15) is 0 Å². The number of esters is 1. The van der Waals surface area contributed by atoms with Crippen LogP contribution in [0, 0.1) is 13.8 Å². The highest BCUT2D eigenvalue weighted by Crippen LogP contribution is 2.21. The van der Waals surface area contributed by atoms with Crippen LogP contribution >= 0.6 is 11.8 Å². The third kappa shape index (κ3) is 6.90. The molecule has 0 radical (unpaired) electrons. The molecule has 0 fully saturated rings. The Morgan fingerprint density at radius 3 is 2.33 bits per heavy atom. The van der Waals surface area contributed by atoms with Gasteiger partial charge in [-0.2, -0.15) is 0 Å². The van der Waals surface area contributed by atoms with E-state index in [1.165, 1.54) is 18.1 Å². The zero-order valence-corrected chi connectivity index (χ0v) is 16.5. The molecule has 2 aromatic rings. The highest BCUT2D eigenvalue weighted by Gasteiger charge is 2.10. The van der Waals surface area contributed by atoms with E-state index < -0.39 is 5.97 Å². The van der Waals surface area contributed by atoms with Crippen LogP contribution in [0.4, 0.5) is 5.69 Å². The Morgan fingerprint density at radius 1 is 1.00 bits per heavy atom. The number of ether oxygens (including phenoxy) is 1. The van der Waals surface area contributed by atoms with Crippen LogP contribution in [0.25, 0.3) is 0 Å². The molecule has 6 heteroatoms. The minimum absolute atomic E-state index is 0.179.